The minimum Gasteiger partial charge on any atom is -0.325 e. The molecule has 2 heterocycles. The Hall–Kier alpha value is -1.48. The van der Waals surface area contributed by atoms with Crippen LogP contribution in [0.2, 0.25) is 0 Å². The topological polar surface area (TPSA) is 107 Å². The molecule has 8 heteroatoms. The fourth-order valence-electron chi connectivity index (χ4n) is 3.17. The number of nitrogens with one attached hydrogen (secondary N) is 1. The van der Waals surface area contributed by atoms with E-state index in [1.54, 1.807) is 0 Å². The van der Waals surface area contributed by atoms with Crippen molar-refractivity contribution in [2.24, 2.45) is 0 Å². The molecule has 1 amide bonds. The van der Waals surface area contributed by atoms with E-state index in [2.05, 4.69) is 23.2 Å². The van der Waals surface area contributed by atoms with Crippen molar-refractivity contribution < 1.29 is 22.3 Å². The lowest BCUT2D eigenvalue weighted by Gasteiger charge is -2.22. The number of hydrogen-bond donors (Lipinski definition) is 3. The van der Waals surface area contributed by atoms with E-state index in [0.717, 1.165) is 38.2 Å². The Morgan fingerprint density at radius 2 is 1.95 bits per heavy atom. The average molecular weight is 328 g/mol. The third-order valence-electron chi connectivity index (χ3n) is 4.01. The van der Waals surface area contributed by atoms with Gasteiger partial charge in [0.1, 0.15) is 0 Å². The highest BCUT2D eigenvalue weighted by atomic mass is 32.3. The number of benzene rings is 1. The monoisotopic (exact) mass is 328 g/mol. The summed E-state index contributed by atoms with van der Waals surface area (Å²) in [6, 6.07) is 8.12. The Labute approximate surface area is 129 Å². The second kappa shape index (κ2) is 6.33. The van der Waals surface area contributed by atoms with Gasteiger partial charge >= 0.3 is 10.4 Å². The molecule has 2 aliphatic rings. The zero-order chi connectivity index (χ0) is 16.4. The fourth-order valence-corrected chi connectivity index (χ4v) is 3.17. The predicted molar refractivity (Wildman–Crippen MR) is 82.3 cm³/mol. The number of likely N-dealkylation sites (tertiary alicyclic amines) is 1. The molecule has 2 aliphatic heterocycles. The zero-order valence-corrected chi connectivity index (χ0v) is 13.1. The van der Waals surface area contributed by atoms with Gasteiger partial charge in [-0.15, -0.1) is 0 Å². The van der Waals surface area contributed by atoms with Crippen LogP contribution in [0.1, 0.15) is 25.3 Å². The normalized spacial score (nSPS) is 23.9. The highest BCUT2D eigenvalue weighted by Gasteiger charge is 2.50. The van der Waals surface area contributed by atoms with Gasteiger partial charge in [-0.1, -0.05) is 25.1 Å². The number of para-hydroxylation sites is 1. The number of anilines is 1. The molecule has 3 N–H and O–H groups in total. The summed E-state index contributed by atoms with van der Waals surface area (Å²) >= 11 is 0. The molecule has 3 rings (SSSR count). The van der Waals surface area contributed by atoms with Crippen molar-refractivity contribution >= 4 is 22.0 Å². The lowest BCUT2D eigenvalue weighted by atomic mass is 9.81. The third kappa shape index (κ3) is 3.64. The molecule has 122 valence electrons. The number of nitrogens with zero attached hydrogens (tertiary/aromatic N) is 1. The van der Waals surface area contributed by atoms with Crippen LogP contribution in [0.4, 0.5) is 5.69 Å². The van der Waals surface area contributed by atoms with Crippen LogP contribution in [-0.2, 0) is 20.6 Å². The number of amides is 1. The quantitative estimate of drug-likeness (QED) is 0.707. The van der Waals surface area contributed by atoms with Crippen molar-refractivity contribution in [1.29, 1.82) is 0 Å². The summed E-state index contributed by atoms with van der Waals surface area (Å²) in [5.41, 5.74) is 1.94. The van der Waals surface area contributed by atoms with Crippen LogP contribution in [0.25, 0.3) is 0 Å². The summed E-state index contributed by atoms with van der Waals surface area (Å²) < 4.78 is 31.6. The van der Waals surface area contributed by atoms with Gasteiger partial charge in [-0.25, -0.2) is 0 Å². The van der Waals surface area contributed by atoms with Crippen LogP contribution < -0.4 is 5.32 Å². The molecule has 22 heavy (non-hydrogen) atoms. The Morgan fingerprint density at radius 3 is 2.59 bits per heavy atom. The predicted octanol–water partition coefficient (Wildman–Crippen LogP) is 1.34. The van der Waals surface area contributed by atoms with Crippen LogP contribution in [0.15, 0.2) is 24.3 Å². The maximum absolute atomic E-state index is 12.3. The summed E-state index contributed by atoms with van der Waals surface area (Å²) in [5.74, 6) is 0.192. The number of rotatable bonds is 2. The molecule has 0 aliphatic carbocycles. The van der Waals surface area contributed by atoms with Gasteiger partial charge in [0.15, 0.2) is 0 Å². The molecule has 1 atom stereocenters. The second-order valence-corrected chi connectivity index (χ2v) is 6.45. The average Bonchev–Trinajstić information content (AvgIpc) is 2.94. The van der Waals surface area contributed by atoms with Crippen molar-refractivity contribution in [1.82, 2.24) is 4.90 Å². The SMILES string of the molecule is CCCN1CCC2(C1)C(=O)Nc1ccccc12.O=S(=O)(O)O. The molecule has 0 saturated carbocycles. The Kier molecular flexibility index (Phi) is 4.86. The van der Waals surface area contributed by atoms with Crippen molar-refractivity contribution in [2.75, 3.05) is 25.0 Å². The van der Waals surface area contributed by atoms with E-state index in [0.29, 0.717) is 0 Å². The minimum atomic E-state index is -4.67. The molecular weight excluding hydrogens is 308 g/mol. The van der Waals surface area contributed by atoms with Crippen LogP contribution >= 0.6 is 0 Å². The van der Waals surface area contributed by atoms with Crippen LogP contribution in [0, 0.1) is 0 Å². The largest absolute Gasteiger partial charge is 0.394 e. The Balaban J connectivity index is 0.000000309. The zero-order valence-electron chi connectivity index (χ0n) is 12.3. The van der Waals surface area contributed by atoms with Gasteiger partial charge in [0.05, 0.1) is 5.41 Å². The van der Waals surface area contributed by atoms with Crippen LogP contribution in [0.3, 0.4) is 0 Å². The van der Waals surface area contributed by atoms with Gasteiger partial charge in [-0.3, -0.25) is 13.9 Å². The van der Waals surface area contributed by atoms with E-state index in [1.807, 2.05) is 18.2 Å². The summed E-state index contributed by atoms with van der Waals surface area (Å²) in [4.78, 5) is 14.7. The van der Waals surface area contributed by atoms with Gasteiger partial charge in [0.25, 0.3) is 0 Å². The highest BCUT2D eigenvalue weighted by molar-refractivity contribution is 7.79. The molecule has 7 nitrogen and oxygen atoms in total. The van der Waals surface area contributed by atoms with Gasteiger partial charge in [-0.05, 0) is 37.6 Å². The fraction of sp³-hybridized carbons (Fsp3) is 0.500. The molecule has 0 aromatic heterocycles. The lowest BCUT2D eigenvalue weighted by molar-refractivity contribution is -0.120. The molecule has 0 radical (unpaired) electrons. The lowest BCUT2D eigenvalue weighted by Crippen LogP contribution is -2.37. The van der Waals surface area contributed by atoms with Crippen molar-refractivity contribution in [3.8, 4) is 0 Å². The van der Waals surface area contributed by atoms with E-state index >= 15 is 0 Å². The van der Waals surface area contributed by atoms with E-state index in [-0.39, 0.29) is 11.3 Å². The number of carbonyl (C=O) groups is 1. The van der Waals surface area contributed by atoms with Crippen LogP contribution in [0.5, 0.6) is 0 Å². The smallest absolute Gasteiger partial charge is 0.325 e. The maximum Gasteiger partial charge on any atom is 0.394 e. The Bertz CT molecular complexity index is 653. The van der Waals surface area contributed by atoms with E-state index in [9.17, 15) is 4.79 Å². The van der Waals surface area contributed by atoms with E-state index in [1.165, 1.54) is 5.56 Å². The molecule has 1 fully saturated rings. The van der Waals surface area contributed by atoms with E-state index < -0.39 is 10.4 Å². The first-order valence-corrected chi connectivity index (χ1v) is 8.49. The summed E-state index contributed by atoms with van der Waals surface area (Å²) in [6.07, 6.45) is 2.11. The molecule has 1 saturated heterocycles. The van der Waals surface area contributed by atoms with Crippen molar-refractivity contribution in [3.63, 3.8) is 0 Å². The standard InChI is InChI=1S/C14H18N2O.H2O4S/c1-2-8-16-9-7-14(10-16)11-5-3-4-6-12(11)15-13(14)17;1-5(2,3)4/h3-6H,2,7-10H2,1H3,(H,15,17);(H2,1,2,3,4). The summed E-state index contributed by atoms with van der Waals surface area (Å²) in [7, 11) is -4.67. The van der Waals surface area contributed by atoms with Gasteiger partial charge in [0.2, 0.25) is 5.91 Å². The molecule has 1 spiro atoms. The first kappa shape index (κ1) is 16.9. The third-order valence-corrected chi connectivity index (χ3v) is 4.01. The minimum absolute atomic E-state index is 0.192. The van der Waals surface area contributed by atoms with Crippen molar-refractivity contribution in [2.45, 2.75) is 25.2 Å². The highest BCUT2D eigenvalue weighted by Crippen LogP contribution is 2.43. The second-order valence-electron chi connectivity index (χ2n) is 5.56. The van der Waals surface area contributed by atoms with Crippen LogP contribution in [-0.4, -0.2) is 48.0 Å². The molecule has 1 aromatic carbocycles. The molecule has 1 aromatic rings. The first-order chi connectivity index (χ1) is 10.3. The van der Waals surface area contributed by atoms with Gasteiger partial charge < -0.3 is 10.2 Å². The number of hydrogen-bond acceptors (Lipinski definition) is 4. The summed E-state index contributed by atoms with van der Waals surface area (Å²) in [6.45, 7) is 5.20. The van der Waals surface area contributed by atoms with Crippen molar-refractivity contribution in [3.05, 3.63) is 29.8 Å². The van der Waals surface area contributed by atoms with Gasteiger partial charge in [-0.2, -0.15) is 8.42 Å². The molecule has 1 unspecified atom stereocenters. The first-order valence-electron chi connectivity index (χ1n) is 7.09. The molecular formula is C14H20N2O5S. The maximum atomic E-state index is 12.3. The Morgan fingerprint density at radius 1 is 1.32 bits per heavy atom. The van der Waals surface area contributed by atoms with Gasteiger partial charge in [0, 0.05) is 12.2 Å². The van der Waals surface area contributed by atoms with E-state index in [4.69, 9.17) is 17.5 Å². The number of carbonyl (C=O) groups excluding carboxylic acids is 1. The summed E-state index contributed by atoms with van der Waals surface area (Å²) in [5, 5.41) is 3.03. The number of fused-ring (bicyclic) bond motifs is 2. The molecule has 0 bridgehead atoms.